The van der Waals surface area contributed by atoms with Crippen molar-refractivity contribution in [3.05, 3.63) is 33.4 Å². The van der Waals surface area contributed by atoms with Crippen molar-refractivity contribution in [3.8, 4) is 5.75 Å². The number of nitroso groups, excluding NO2 is 1. The van der Waals surface area contributed by atoms with Gasteiger partial charge >= 0.3 is 5.97 Å². The van der Waals surface area contributed by atoms with Crippen molar-refractivity contribution < 1.29 is 14.3 Å². The number of carbonyl (C=O) groups excluding carboxylic acids is 1. The first-order chi connectivity index (χ1) is 8.27. The first-order valence-corrected chi connectivity index (χ1v) is 5.97. The van der Waals surface area contributed by atoms with Gasteiger partial charge in [0, 0.05) is 6.08 Å². The second kappa shape index (κ2) is 7.56. The summed E-state index contributed by atoms with van der Waals surface area (Å²) in [6.45, 7) is 2.45. The molecule has 1 aromatic rings. The molecule has 0 N–H and O–H groups in total. The van der Waals surface area contributed by atoms with E-state index in [0.717, 1.165) is 4.88 Å². The second-order valence-electron chi connectivity index (χ2n) is 2.96. The molecule has 0 spiro atoms. The third-order valence-corrected chi connectivity index (χ3v) is 2.68. The van der Waals surface area contributed by atoms with Gasteiger partial charge in [-0.3, -0.25) is 0 Å². The topological polar surface area (TPSA) is 65.0 Å². The van der Waals surface area contributed by atoms with Gasteiger partial charge in [-0.05, 0) is 24.4 Å². The van der Waals surface area contributed by atoms with Crippen molar-refractivity contribution in [1.29, 1.82) is 0 Å². The highest BCUT2D eigenvalue weighted by molar-refractivity contribution is 7.10. The molecule has 0 fully saturated rings. The van der Waals surface area contributed by atoms with E-state index in [1.165, 1.54) is 17.4 Å². The molecule has 1 rings (SSSR count). The maximum Gasteiger partial charge on any atom is 0.330 e. The van der Waals surface area contributed by atoms with Crippen molar-refractivity contribution >= 4 is 17.3 Å². The standard InChI is InChI=1S/C11H13NO4S/c1-2-15-11(13)4-3-6-16-9-5-7-17-10(9)8-12-14/h3-5,7H,2,6,8H2,1H3. The van der Waals surface area contributed by atoms with E-state index in [0.29, 0.717) is 12.4 Å². The largest absolute Gasteiger partial charge is 0.488 e. The Kier molecular flexibility index (Phi) is 5.95. The number of rotatable bonds is 7. The summed E-state index contributed by atoms with van der Waals surface area (Å²) in [5.74, 6) is 0.235. The van der Waals surface area contributed by atoms with Crippen LogP contribution in [0.5, 0.6) is 5.75 Å². The maximum absolute atomic E-state index is 11.0. The maximum atomic E-state index is 11.0. The molecular weight excluding hydrogens is 242 g/mol. The number of ether oxygens (including phenoxy) is 2. The third-order valence-electron chi connectivity index (χ3n) is 1.79. The summed E-state index contributed by atoms with van der Waals surface area (Å²) in [6.07, 6.45) is 2.88. The lowest BCUT2D eigenvalue weighted by Crippen LogP contribution is -2.01. The van der Waals surface area contributed by atoms with Crippen molar-refractivity contribution in [1.82, 2.24) is 0 Å². The van der Waals surface area contributed by atoms with Crippen molar-refractivity contribution in [2.24, 2.45) is 5.18 Å². The van der Waals surface area contributed by atoms with Gasteiger partial charge in [0.1, 0.15) is 18.9 Å². The predicted molar refractivity (Wildman–Crippen MR) is 65.1 cm³/mol. The highest BCUT2D eigenvalue weighted by Crippen LogP contribution is 2.25. The number of hydrogen-bond acceptors (Lipinski definition) is 6. The first kappa shape index (κ1) is 13.4. The van der Waals surface area contributed by atoms with Crippen LogP contribution in [-0.4, -0.2) is 19.2 Å². The Hall–Kier alpha value is -1.69. The summed E-state index contributed by atoms with van der Waals surface area (Å²) in [5, 5.41) is 4.63. The number of esters is 1. The van der Waals surface area contributed by atoms with Crippen LogP contribution in [0, 0.1) is 4.91 Å². The quantitative estimate of drug-likeness (QED) is 0.426. The lowest BCUT2D eigenvalue weighted by Gasteiger charge is -2.01. The zero-order chi connectivity index (χ0) is 12.5. The molecule has 0 aromatic carbocycles. The molecule has 0 saturated carbocycles. The highest BCUT2D eigenvalue weighted by Gasteiger charge is 2.04. The van der Waals surface area contributed by atoms with Crippen LogP contribution in [0.25, 0.3) is 0 Å². The molecular formula is C11H13NO4S. The van der Waals surface area contributed by atoms with Gasteiger partial charge < -0.3 is 9.47 Å². The van der Waals surface area contributed by atoms with E-state index in [1.807, 2.05) is 5.38 Å². The Labute approximate surface area is 103 Å². The van der Waals surface area contributed by atoms with Gasteiger partial charge in [0.2, 0.25) is 0 Å². The third kappa shape index (κ3) is 4.78. The smallest absolute Gasteiger partial charge is 0.330 e. The van der Waals surface area contributed by atoms with E-state index in [2.05, 4.69) is 5.18 Å². The Balaban J connectivity index is 2.37. The Morgan fingerprint density at radius 1 is 1.59 bits per heavy atom. The molecule has 0 aliphatic rings. The van der Waals surface area contributed by atoms with Gasteiger partial charge in [-0.1, -0.05) is 5.18 Å². The Bertz CT molecular complexity index is 400. The lowest BCUT2D eigenvalue weighted by molar-refractivity contribution is -0.137. The molecule has 0 bridgehead atoms. The fourth-order valence-electron chi connectivity index (χ4n) is 1.10. The molecule has 5 nitrogen and oxygen atoms in total. The van der Waals surface area contributed by atoms with Crippen LogP contribution >= 0.6 is 11.3 Å². The average Bonchev–Trinajstić information content (AvgIpc) is 2.73. The second-order valence-corrected chi connectivity index (χ2v) is 3.96. The summed E-state index contributed by atoms with van der Waals surface area (Å²) in [4.78, 5) is 21.9. The highest BCUT2D eigenvalue weighted by atomic mass is 32.1. The molecule has 17 heavy (non-hydrogen) atoms. The van der Waals surface area contributed by atoms with Gasteiger partial charge in [-0.25, -0.2) is 4.79 Å². The van der Waals surface area contributed by atoms with E-state index in [1.54, 1.807) is 19.1 Å². The number of thiophene rings is 1. The molecule has 0 amide bonds. The monoisotopic (exact) mass is 255 g/mol. The van der Waals surface area contributed by atoms with Crippen LogP contribution < -0.4 is 4.74 Å². The van der Waals surface area contributed by atoms with Gasteiger partial charge in [0.25, 0.3) is 0 Å². The van der Waals surface area contributed by atoms with E-state index in [4.69, 9.17) is 9.47 Å². The number of carbonyl (C=O) groups is 1. The molecule has 92 valence electrons. The molecule has 0 aliphatic heterocycles. The van der Waals surface area contributed by atoms with E-state index in [9.17, 15) is 9.70 Å². The van der Waals surface area contributed by atoms with Crippen LogP contribution in [0.4, 0.5) is 0 Å². The van der Waals surface area contributed by atoms with Crippen LogP contribution in [0.3, 0.4) is 0 Å². The summed E-state index contributed by atoms with van der Waals surface area (Å²) >= 11 is 1.41. The van der Waals surface area contributed by atoms with Crippen LogP contribution in [0.1, 0.15) is 11.8 Å². The molecule has 0 unspecified atom stereocenters. The van der Waals surface area contributed by atoms with Crippen LogP contribution in [0.2, 0.25) is 0 Å². The van der Waals surface area contributed by atoms with Crippen molar-refractivity contribution in [2.45, 2.75) is 13.5 Å². The zero-order valence-corrected chi connectivity index (χ0v) is 10.2. The summed E-state index contributed by atoms with van der Waals surface area (Å²) in [7, 11) is 0. The van der Waals surface area contributed by atoms with Gasteiger partial charge in [0.05, 0.1) is 11.5 Å². The molecule has 1 aromatic heterocycles. The minimum absolute atomic E-state index is 0.106. The summed E-state index contributed by atoms with van der Waals surface area (Å²) in [6, 6.07) is 1.77. The number of nitrogens with zero attached hydrogens (tertiary/aromatic N) is 1. The Morgan fingerprint density at radius 3 is 3.12 bits per heavy atom. The lowest BCUT2D eigenvalue weighted by atomic mass is 10.4. The molecule has 1 heterocycles. The summed E-state index contributed by atoms with van der Waals surface area (Å²) < 4.78 is 10.1. The molecule has 0 radical (unpaired) electrons. The molecule has 6 heteroatoms. The van der Waals surface area contributed by atoms with Crippen molar-refractivity contribution in [3.63, 3.8) is 0 Å². The van der Waals surface area contributed by atoms with E-state index < -0.39 is 5.97 Å². The first-order valence-electron chi connectivity index (χ1n) is 5.09. The SMILES string of the molecule is CCOC(=O)C=CCOc1ccsc1CN=O. The van der Waals surface area contributed by atoms with Gasteiger partial charge in [-0.15, -0.1) is 11.3 Å². The normalized spacial score (nSPS) is 10.4. The molecule has 0 atom stereocenters. The van der Waals surface area contributed by atoms with Crippen molar-refractivity contribution in [2.75, 3.05) is 13.2 Å². The van der Waals surface area contributed by atoms with E-state index >= 15 is 0 Å². The molecule has 0 saturated heterocycles. The predicted octanol–water partition coefficient (Wildman–Crippen LogP) is 2.51. The Morgan fingerprint density at radius 2 is 2.41 bits per heavy atom. The fraction of sp³-hybridized carbons (Fsp3) is 0.364. The minimum atomic E-state index is -0.392. The summed E-state index contributed by atoms with van der Waals surface area (Å²) in [5.41, 5.74) is 0. The van der Waals surface area contributed by atoms with Crippen LogP contribution in [0.15, 0.2) is 28.8 Å². The molecule has 0 aliphatic carbocycles. The van der Waals surface area contributed by atoms with Gasteiger partial charge in [-0.2, -0.15) is 4.91 Å². The van der Waals surface area contributed by atoms with Gasteiger partial charge in [0.15, 0.2) is 0 Å². The van der Waals surface area contributed by atoms with Crippen LogP contribution in [-0.2, 0) is 16.1 Å². The fourth-order valence-corrected chi connectivity index (χ4v) is 1.83. The zero-order valence-electron chi connectivity index (χ0n) is 9.42. The number of hydrogen-bond donors (Lipinski definition) is 0. The van der Waals surface area contributed by atoms with E-state index in [-0.39, 0.29) is 13.2 Å². The average molecular weight is 255 g/mol. The minimum Gasteiger partial charge on any atom is -0.488 e.